The van der Waals surface area contributed by atoms with Crippen LogP contribution in [-0.4, -0.2) is 35.5 Å². The molecule has 4 rings (SSSR count). The third-order valence-electron chi connectivity index (χ3n) is 5.58. The molecule has 2 amide bonds. The van der Waals surface area contributed by atoms with E-state index in [1.165, 1.54) is 11.3 Å². The number of aryl methyl sites for hydroxylation is 1. The normalized spacial score (nSPS) is 11.5. The van der Waals surface area contributed by atoms with Gasteiger partial charge in [-0.2, -0.15) is 0 Å². The monoisotopic (exact) mass is 517 g/mol. The van der Waals surface area contributed by atoms with Gasteiger partial charge < -0.3 is 20.1 Å². The summed E-state index contributed by atoms with van der Waals surface area (Å²) in [6.07, 6.45) is 1.75. The first-order valence-corrected chi connectivity index (χ1v) is 12.7. The zero-order valence-corrected chi connectivity index (χ0v) is 21.1. The standard InChI is InChI=1S/C28H27N3O5S/c1-2-21-13-14-29-22-15-24(37-25(21)22)26(32)30-16-23(27(33)35-17-19-9-5-3-6-10-19)31-28(34)36-18-20-11-7-4-8-12-20/h3-15,23H,2,16-18H2,1H3,(H,30,32)(H,31,34)/t23-/m1/s1. The highest BCUT2D eigenvalue weighted by Gasteiger charge is 2.25. The molecule has 0 fully saturated rings. The molecule has 0 unspecified atom stereocenters. The fourth-order valence-corrected chi connectivity index (χ4v) is 4.71. The molecule has 0 saturated carbocycles. The molecule has 2 N–H and O–H groups in total. The lowest BCUT2D eigenvalue weighted by molar-refractivity contribution is -0.147. The van der Waals surface area contributed by atoms with Crippen LogP contribution in [0.2, 0.25) is 0 Å². The molecule has 2 aromatic carbocycles. The van der Waals surface area contributed by atoms with Crippen LogP contribution in [0.25, 0.3) is 10.2 Å². The van der Waals surface area contributed by atoms with Crippen LogP contribution in [0.4, 0.5) is 4.79 Å². The summed E-state index contributed by atoms with van der Waals surface area (Å²) in [5.74, 6) is -1.06. The predicted molar refractivity (Wildman–Crippen MR) is 141 cm³/mol. The number of thiophene rings is 1. The van der Waals surface area contributed by atoms with Crippen LogP contribution in [-0.2, 0) is 33.9 Å². The quantitative estimate of drug-likeness (QED) is 0.297. The van der Waals surface area contributed by atoms with Crippen LogP contribution in [0.3, 0.4) is 0 Å². The molecular weight excluding hydrogens is 490 g/mol. The molecule has 0 saturated heterocycles. The number of rotatable bonds is 10. The summed E-state index contributed by atoms with van der Waals surface area (Å²) < 4.78 is 11.6. The third kappa shape index (κ3) is 7.14. The van der Waals surface area contributed by atoms with Crippen LogP contribution in [0, 0.1) is 0 Å². The van der Waals surface area contributed by atoms with Gasteiger partial charge in [-0.05, 0) is 35.2 Å². The fraction of sp³-hybridized carbons (Fsp3) is 0.214. The zero-order chi connectivity index (χ0) is 26.0. The fourth-order valence-electron chi connectivity index (χ4n) is 3.59. The van der Waals surface area contributed by atoms with Crippen molar-refractivity contribution < 1.29 is 23.9 Å². The zero-order valence-electron chi connectivity index (χ0n) is 20.3. The van der Waals surface area contributed by atoms with Crippen LogP contribution in [0.5, 0.6) is 0 Å². The van der Waals surface area contributed by atoms with E-state index in [0.29, 0.717) is 4.88 Å². The first-order chi connectivity index (χ1) is 18.0. The Kier molecular flexibility index (Phi) is 8.83. The second kappa shape index (κ2) is 12.6. The third-order valence-corrected chi connectivity index (χ3v) is 6.78. The number of pyridine rings is 1. The lowest BCUT2D eigenvalue weighted by Gasteiger charge is -2.18. The number of ether oxygens (including phenoxy) is 2. The highest BCUT2D eigenvalue weighted by molar-refractivity contribution is 7.21. The number of alkyl carbamates (subject to hydrolysis) is 1. The van der Waals surface area contributed by atoms with E-state index in [9.17, 15) is 14.4 Å². The highest BCUT2D eigenvalue weighted by Crippen LogP contribution is 2.27. The lowest BCUT2D eigenvalue weighted by atomic mass is 10.2. The molecule has 8 nitrogen and oxygen atoms in total. The Bertz CT molecular complexity index is 1360. The van der Waals surface area contributed by atoms with Gasteiger partial charge in [-0.3, -0.25) is 9.78 Å². The maximum absolute atomic E-state index is 12.9. The van der Waals surface area contributed by atoms with E-state index in [-0.39, 0.29) is 25.7 Å². The number of amides is 2. The van der Waals surface area contributed by atoms with Crippen molar-refractivity contribution in [3.8, 4) is 0 Å². The topological polar surface area (TPSA) is 107 Å². The molecule has 2 heterocycles. The van der Waals surface area contributed by atoms with E-state index in [4.69, 9.17) is 9.47 Å². The average Bonchev–Trinajstić information content (AvgIpc) is 3.38. The maximum atomic E-state index is 12.9. The molecule has 2 aromatic heterocycles. The minimum atomic E-state index is -1.14. The summed E-state index contributed by atoms with van der Waals surface area (Å²) in [5, 5.41) is 5.24. The largest absolute Gasteiger partial charge is 0.459 e. The molecular formula is C28H27N3O5S. The van der Waals surface area contributed by atoms with Crippen LogP contribution >= 0.6 is 11.3 Å². The van der Waals surface area contributed by atoms with E-state index in [1.54, 1.807) is 12.3 Å². The first kappa shape index (κ1) is 25.8. The number of aromatic nitrogens is 1. The second-order valence-corrected chi connectivity index (χ2v) is 9.26. The Morgan fingerprint density at radius 1 is 0.919 bits per heavy atom. The molecule has 190 valence electrons. The minimum absolute atomic E-state index is 0.0344. The van der Waals surface area contributed by atoms with Gasteiger partial charge in [0.15, 0.2) is 0 Å². The first-order valence-electron chi connectivity index (χ1n) is 11.9. The Labute approximate surface area is 218 Å². The van der Waals surface area contributed by atoms with Gasteiger partial charge >= 0.3 is 12.1 Å². The van der Waals surface area contributed by atoms with Gasteiger partial charge in [0, 0.05) is 12.7 Å². The summed E-state index contributed by atoms with van der Waals surface area (Å²) >= 11 is 1.34. The van der Waals surface area contributed by atoms with Gasteiger partial charge in [-0.25, -0.2) is 9.59 Å². The lowest BCUT2D eigenvalue weighted by Crippen LogP contribution is -2.49. The smallest absolute Gasteiger partial charge is 0.408 e. The summed E-state index contributed by atoms with van der Waals surface area (Å²) in [6.45, 7) is 1.95. The molecule has 0 aliphatic heterocycles. The number of nitrogens with one attached hydrogen (secondary N) is 2. The van der Waals surface area contributed by atoms with Crippen molar-refractivity contribution in [1.82, 2.24) is 15.6 Å². The second-order valence-electron chi connectivity index (χ2n) is 8.21. The number of carbonyl (C=O) groups excluding carboxylic acids is 3. The van der Waals surface area contributed by atoms with Gasteiger partial charge in [0.1, 0.15) is 19.3 Å². The van der Waals surface area contributed by atoms with Gasteiger partial charge in [0.2, 0.25) is 0 Å². The number of carbonyl (C=O) groups is 3. The van der Waals surface area contributed by atoms with Crippen molar-refractivity contribution in [2.24, 2.45) is 0 Å². The van der Waals surface area contributed by atoms with Crippen LogP contribution in [0.1, 0.15) is 33.3 Å². The van der Waals surface area contributed by atoms with Crippen molar-refractivity contribution >= 4 is 39.5 Å². The average molecular weight is 518 g/mol. The van der Waals surface area contributed by atoms with Gasteiger partial charge in [0.25, 0.3) is 5.91 Å². The van der Waals surface area contributed by atoms with Crippen LogP contribution in [0.15, 0.2) is 79.0 Å². The molecule has 0 bridgehead atoms. The van der Waals surface area contributed by atoms with Crippen molar-refractivity contribution in [3.05, 3.63) is 101 Å². The Morgan fingerprint density at radius 3 is 2.22 bits per heavy atom. The Morgan fingerprint density at radius 2 is 1.57 bits per heavy atom. The molecule has 0 spiro atoms. The SMILES string of the molecule is CCc1ccnc2cc(C(=O)NC[C@@H](NC(=O)OCc3ccccc3)C(=O)OCc3ccccc3)sc12. The van der Waals surface area contributed by atoms with Crippen LogP contribution < -0.4 is 10.6 Å². The summed E-state index contributed by atoms with van der Waals surface area (Å²) in [6, 6.07) is 20.9. The number of fused-ring (bicyclic) bond motifs is 1. The summed E-state index contributed by atoms with van der Waals surface area (Å²) in [4.78, 5) is 43.0. The van der Waals surface area contributed by atoms with Crippen molar-refractivity contribution in [2.45, 2.75) is 32.6 Å². The minimum Gasteiger partial charge on any atom is -0.459 e. The molecule has 0 aliphatic rings. The maximum Gasteiger partial charge on any atom is 0.408 e. The molecule has 0 radical (unpaired) electrons. The number of esters is 1. The summed E-state index contributed by atoms with van der Waals surface area (Å²) in [7, 11) is 0. The summed E-state index contributed by atoms with van der Waals surface area (Å²) in [5.41, 5.74) is 3.46. The number of benzene rings is 2. The van der Waals surface area contributed by atoms with Crippen molar-refractivity contribution in [1.29, 1.82) is 0 Å². The molecule has 37 heavy (non-hydrogen) atoms. The van der Waals surface area contributed by atoms with E-state index >= 15 is 0 Å². The molecule has 0 aliphatic carbocycles. The highest BCUT2D eigenvalue weighted by atomic mass is 32.1. The molecule has 1 atom stereocenters. The van der Waals surface area contributed by atoms with Crippen molar-refractivity contribution in [2.75, 3.05) is 6.54 Å². The van der Waals surface area contributed by atoms with Crippen molar-refractivity contribution in [3.63, 3.8) is 0 Å². The number of hydrogen-bond acceptors (Lipinski definition) is 7. The number of hydrogen-bond donors (Lipinski definition) is 2. The molecule has 4 aromatic rings. The Balaban J connectivity index is 1.40. The van der Waals surface area contributed by atoms with E-state index in [0.717, 1.165) is 33.3 Å². The Hall–Kier alpha value is -4.24. The van der Waals surface area contributed by atoms with E-state index < -0.39 is 18.1 Å². The number of nitrogens with zero attached hydrogens (tertiary/aromatic N) is 1. The molecule has 9 heteroatoms. The van der Waals surface area contributed by atoms with E-state index in [1.807, 2.05) is 73.7 Å². The van der Waals surface area contributed by atoms with Gasteiger partial charge in [-0.1, -0.05) is 67.6 Å². The van der Waals surface area contributed by atoms with Gasteiger partial charge in [0.05, 0.1) is 15.1 Å². The van der Waals surface area contributed by atoms with Gasteiger partial charge in [-0.15, -0.1) is 11.3 Å². The predicted octanol–water partition coefficient (Wildman–Crippen LogP) is 4.63. The van der Waals surface area contributed by atoms with E-state index in [2.05, 4.69) is 15.6 Å².